The van der Waals surface area contributed by atoms with Gasteiger partial charge in [-0.2, -0.15) is 0 Å². The molecule has 1 aliphatic rings. The molecule has 0 saturated carbocycles. The van der Waals surface area contributed by atoms with E-state index in [1.807, 2.05) is 0 Å². The van der Waals surface area contributed by atoms with E-state index in [1.54, 1.807) is 0 Å². The topological polar surface area (TPSA) is 0 Å². The van der Waals surface area contributed by atoms with Crippen LogP contribution in [0.25, 0.3) is 0 Å². The van der Waals surface area contributed by atoms with Gasteiger partial charge in [-0.3, -0.25) is 0 Å². The molecule has 0 nitrogen and oxygen atoms in total. The van der Waals surface area contributed by atoms with Crippen molar-refractivity contribution < 1.29 is 0 Å². The molecule has 0 radical (unpaired) electrons. The van der Waals surface area contributed by atoms with E-state index >= 15 is 0 Å². The zero-order valence-corrected chi connectivity index (χ0v) is 8.81. The van der Waals surface area contributed by atoms with Crippen LogP contribution >= 0.6 is 0 Å². The fourth-order valence-electron chi connectivity index (χ4n) is 2.21. The van der Waals surface area contributed by atoms with E-state index in [0.29, 0.717) is 0 Å². The van der Waals surface area contributed by atoms with Crippen molar-refractivity contribution in [2.45, 2.75) is 70.8 Å². The molecule has 1 aliphatic heterocycles. The summed E-state index contributed by atoms with van der Waals surface area (Å²) < 4.78 is 0. The molecule has 0 aromatic carbocycles. The summed E-state index contributed by atoms with van der Waals surface area (Å²) in [5.74, 6) is 0.975. The van der Waals surface area contributed by atoms with E-state index in [2.05, 4.69) is 13.7 Å². The lowest BCUT2D eigenvalue weighted by Crippen LogP contribution is -2.14. The highest BCUT2D eigenvalue weighted by atomic mass is 14.0. The highest BCUT2D eigenvalue weighted by molar-refractivity contribution is 6.58. The molecule has 0 aromatic heterocycles. The van der Waals surface area contributed by atoms with Crippen LogP contribution in [0.2, 0.25) is 19.0 Å². The lowest BCUT2D eigenvalue weighted by atomic mass is 9.40. The Balaban J connectivity index is 2.26. The third-order valence-corrected chi connectivity index (χ3v) is 3.54. The van der Waals surface area contributed by atoms with E-state index in [1.165, 1.54) is 51.3 Å². The van der Waals surface area contributed by atoms with Crippen molar-refractivity contribution in [2.24, 2.45) is 0 Å². The molecule has 0 aromatic rings. The van der Waals surface area contributed by atoms with Gasteiger partial charge < -0.3 is 0 Å². The van der Waals surface area contributed by atoms with Crippen LogP contribution in [0.1, 0.15) is 51.9 Å². The van der Waals surface area contributed by atoms with Crippen molar-refractivity contribution >= 4 is 6.71 Å². The van der Waals surface area contributed by atoms with Crippen LogP contribution in [0.5, 0.6) is 0 Å². The van der Waals surface area contributed by atoms with E-state index in [0.717, 1.165) is 12.5 Å². The standard InChI is InChI=1S/C11H23B/c1-11-9-7-5-3-4-6-8-10-12(11)2/h11H,3-10H2,1-2H3. The van der Waals surface area contributed by atoms with Gasteiger partial charge >= 0.3 is 0 Å². The monoisotopic (exact) mass is 166 g/mol. The first-order valence-corrected chi connectivity index (χ1v) is 5.80. The molecule has 1 heterocycles. The molecule has 1 atom stereocenters. The first-order chi connectivity index (χ1) is 5.80. The second-order valence-electron chi connectivity index (χ2n) is 4.65. The molecule has 1 heteroatoms. The summed E-state index contributed by atoms with van der Waals surface area (Å²) in [6, 6.07) is 0. The Morgan fingerprint density at radius 2 is 1.50 bits per heavy atom. The second-order valence-corrected chi connectivity index (χ2v) is 4.65. The van der Waals surface area contributed by atoms with Gasteiger partial charge in [-0.1, -0.05) is 70.8 Å². The first kappa shape index (κ1) is 10.1. The van der Waals surface area contributed by atoms with Gasteiger partial charge in [0.15, 0.2) is 0 Å². The molecule has 0 bridgehead atoms. The van der Waals surface area contributed by atoms with Crippen LogP contribution in [0.15, 0.2) is 0 Å². The third kappa shape index (κ3) is 3.64. The maximum absolute atomic E-state index is 2.44. The highest BCUT2D eigenvalue weighted by Gasteiger charge is 2.15. The maximum atomic E-state index is 2.44. The Morgan fingerprint density at radius 3 is 2.25 bits per heavy atom. The van der Waals surface area contributed by atoms with Gasteiger partial charge in [0.1, 0.15) is 6.71 Å². The summed E-state index contributed by atoms with van der Waals surface area (Å²) in [6.45, 7) is 5.85. The number of rotatable bonds is 0. The van der Waals surface area contributed by atoms with Gasteiger partial charge in [0.2, 0.25) is 0 Å². The first-order valence-electron chi connectivity index (χ1n) is 5.80. The minimum Gasteiger partial charge on any atom is -0.0859 e. The smallest absolute Gasteiger partial charge is 0.0859 e. The van der Waals surface area contributed by atoms with Crippen molar-refractivity contribution in [2.75, 3.05) is 0 Å². The van der Waals surface area contributed by atoms with Crippen LogP contribution in [0.3, 0.4) is 0 Å². The van der Waals surface area contributed by atoms with Crippen molar-refractivity contribution in [3.05, 3.63) is 0 Å². The summed E-state index contributed by atoms with van der Waals surface area (Å²) in [7, 11) is 0. The second kappa shape index (κ2) is 5.67. The van der Waals surface area contributed by atoms with Crippen molar-refractivity contribution in [1.82, 2.24) is 0 Å². The third-order valence-electron chi connectivity index (χ3n) is 3.54. The van der Waals surface area contributed by atoms with Crippen LogP contribution in [-0.4, -0.2) is 6.71 Å². The zero-order chi connectivity index (χ0) is 8.81. The molecule has 1 rings (SSSR count). The van der Waals surface area contributed by atoms with Gasteiger partial charge in [-0.25, -0.2) is 0 Å². The lowest BCUT2D eigenvalue weighted by Gasteiger charge is -2.18. The molecular weight excluding hydrogens is 143 g/mol. The number of hydrogen-bond donors (Lipinski definition) is 0. The van der Waals surface area contributed by atoms with E-state index in [-0.39, 0.29) is 0 Å². The predicted molar refractivity (Wildman–Crippen MR) is 58.2 cm³/mol. The molecule has 1 fully saturated rings. The molecule has 70 valence electrons. The van der Waals surface area contributed by atoms with Crippen LogP contribution in [0.4, 0.5) is 0 Å². The van der Waals surface area contributed by atoms with Gasteiger partial charge in [-0.05, 0) is 0 Å². The molecule has 0 aliphatic carbocycles. The largest absolute Gasteiger partial charge is 0.139 e. The molecule has 12 heavy (non-hydrogen) atoms. The minimum absolute atomic E-state index is 0.975. The fourth-order valence-corrected chi connectivity index (χ4v) is 2.21. The van der Waals surface area contributed by atoms with Gasteiger partial charge in [0.25, 0.3) is 0 Å². The maximum Gasteiger partial charge on any atom is 0.139 e. The Labute approximate surface area is 78.2 Å². The van der Waals surface area contributed by atoms with Crippen LogP contribution in [-0.2, 0) is 0 Å². The van der Waals surface area contributed by atoms with E-state index < -0.39 is 0 Å². The Bertz CT molecular complexity index is 97.6. The predicted octanol–water partition coefficient (Wildman–Crippen LogP) is 4.25. The summed E-state index contributed by atoms with van der Waals surface area (Å²) >= 11 is 0. The normalized spacial score (nSPS) is 28.5. The average molecular weight is 166 g/mol. The highest BCUT2D eigenvalue weighted by Crippen LogP contribution is 2.24. The molecular formula is C11H23B. The molecule has 1 saturated heterocycles. The average Bonchev–Trinajstić information content (AvgIpc) is 2.08. The Hall–Kier alpha value is 0.0649. The van der Waals surface area contributed by atoms with Crippen LogP contribution in [0, 0.1) is 0 Å². The lowest BCUT2D eigenvalue weighted by molar-refractivity contribution is 0.569. The van der Waals surface area contributed by atoms with Gasteiger partial charge in [0, 0.05) is 0 Å². The summed E-state index contributed by atoms with van der Waals surface area (Å²) in [5, 5.41) is 0. The van der Waals surface area contributed by atoms with Crippen LogP contribution < -0.4 is 0 Å². The summed E-state index contributed by atoms with van der Waals surface area (Å²) in [5.41, 5.74) is 0. The Kier molecular flexibility index (Phi) is 4.79. The SMILES string of the molecule is CB1CCCCCCCCC1C. The van der Waals surface area contributed by atoms with Crippen molar-refractivity contribution in [1.29, 1.82) is 0 Å². The summed E-state index contributed by atoms with van der Waals surface area (Å²) in [4.78, 5) is 0. The molecule has 0 N–H and O–H groups in total. The quantitative estimate of drug-likeness (QED) is 0.472. The Morgan fingerprint density at radius 1 is 0.917 bits per heavy atom. The van der Waals surface area contributed by atoms with E-state index in [4.69, 9.17) is 0 Å². The van der Waals surface area contributed by atoms with Gasteiger partial charge in [0.05, 0.1) is 0 Å². The molecule has 0 spiro atoms. The minimum atomic E-state index is 0.975. The summed E-state index contributed by atoms with van der Waals surface area (Å²) in [6.07, 6.45) is 11.8. The van der Waals surface area contributed by atoms with Crippen molar-refractivity contribution in [3.63, 3.8) is 0 Å². The molecule has 1 unspecified atom stereocenters. The van der Waals surface area contributed by atoms with E-state index in [9.17, 15) is 0 Å². The van der Waals surface area contributed by atoms with Crippen molar-refractivity contribution in [3.8, 4) is 0 Å². The number of hydrogen-bond acceptors (Lipinski definition) is 0. The fraction of sp³-hybridized carbons (Fsp3) is 1.00. The zero-order valence-electron chi connectivity index (χ0n) is 8.81. The van der Waals surface area contributed by atoms with Gasteiger partial charge in [-0.15, -0.1) is 0 Å². The molecule has 0 amide bonds.